The van der Waals surface area contributed by atoms with Crippen molar-refractivity contribution in [1.82, 2.24) is 0 Å². The van der Waals surface area contributed by atoms with Crippen LogP contribution in [-0.2, 0) is 19.1 Å². The SMILES string of the molecule is CCCCC1=C(CC(=O)OCC)OCC1=O. The molecule has 0 saturated heterocycles. The van der Waals surface area contributed by atoms with Crippen LogP contribution >= 0.6 is 0 Å². The van der Waals surface area contributed by atoms with Crippen LogP contribution in [0.5, 0.6) is 0 Å². The Bertz CT molecular complexity index is 304. The van der Waals surface area contributed by atoms with Gasteiger partial charge in [-0.3, -0.25) is 9.59 Å². The first-order valence-corrected chi connectivity index (χ1v) is 5.72. The molecule has 0 amide bonds. The number of carbonyl (C=O) groups is 2. The van der Waals surface area contributed by atoms with Crippen molar-refractivity contribution in [3.8, 4) is 0 Å². The lowest BCUT2D eigenvalue weighted by Gasteiger charge is -2.04. The van der Waals surface area contributed by atoms with E-state index in [1.54, 1.807) is 6.92 Å². The summed E-state index contributed by atoms with van der Waals surface area (Å²) in [6.07, 6.45) is 2.74. The third-order valence-corrected chi connectivity index (χ3v) is 2.44. The third kappa shape index (κ3) is 3.36. The Kier molecular flexibility index (Phi) is 5.02. The summed E-state index contributed by atoms with van der Waals surface area (Å²) in [4.78, 5) is 22.8. The average molecular weight is 226 g/mol. The lowest BCUT2D eigenvalue weighted by molar-refractivity contribution is -0.143. The molecule has 4 nitrogen and oxygen atoms in total. The maximum Gasteiger partial charge on any atom is 0.313 e. The summed E-state index contributed by atoms with van der Waals surface area (Å²) in [6, 6.07) is 0. The van der Waals surface area contributed by atoms with E-state index in [0.29, 0.717) is 24.4 Å². The maximum absolute atomic E-state index is 11.5. The van der Waals surface area contributed by atoms with Gasteiger partial charge in [0.25, 0.3) is 0 Å². The molecular weight excluding hydrogens is 208 g/mol. The van der Waals surface area contributed by atoms with Gasteiger partial charge in [0, 0.05) is 5.57 Å². The van der Waals surface area contributed by atoms with Gasteiger partial charge in [0.1, 0.15) is 12.2 Å². The molecule has 1 aliphatic heterocycles. The highest BCUT2D eigenvalue weighted by atomic mass is 16.5. The molecule has 16 heavy (non-hydrogen) atoms. The van der Waals surface area contributed by atoms with Crippen molar-refractivity contribution >= 4 is 11.8 Å². The van der Waals surface area contributed by atoms with E-state index in [1.807, 2.05) is 0 Å². The molecule has 0 unspecified atom stereocenters. The summed E-state index contributed by atoms with van der Waals surface area (Å²) in [5, 5.41) is 0. The van der Waals surface area contributed by atoms with Crippen LogP contribution in [0.15, 0.2) is 11.3 Å². The molecule has 1 aliphatic rings. The van der Waals surface area contributed by atoms with E-state index in [1.165, 1.54) is 0 Å². The fraction of sp³-hybridized carbons (Fsp3) is 0.667. The van der Waals surface area contributed by atoms with Gasteiger partial charge in [-0.2, -0.15) is 0 Å². The van der Waals surface area contributed by atoms with Gasteiger partial charge in [-0.25, -0.2) is 0 Å². The van der Waals surface area contributed by atoms with Gasteiger partial charge in [0.05, 0.1) is 6.61 Å². The number of ketones is 1. The van der Waals surface area contributed by atoms with Crippen LogP contribution < -0.4 is 0 Å². The molecule has 0 spiro atoms. The van der Waals surface area contributed by atoms with Crippen molar-refractivity contribution in [1.29, 1.82) is 0 Å². The zero-order valence-corrected chi connectivity index (χ0v) is 9.88. The Morgan fingerprint density at radius 2 is 2.19 bits per heavy atom. The van der Waals surface area contributed by atoms with Gasteiger partial charge >= 0.3 is 5.97 Å². The van der Waals surface area contributed by atoms with E-state index in [-0.39, 0.29) is 24.8 Å². The predicted octanol–water partition coefficient (Wildman–Crippen LogP) is 1.98. The molecular formula is C12H18O4. The Balaban J connectivity index is 2.62. The number of carbonyl (C=O) groups excluding carboxylic acids is 2. The molecule has 0 atom stereocenters. The maximum atomic E-state index is 11.5. The first kappa shape index (κ1) is 12.7. The van der Waals surface area contributed by atoms with Gasteiger partial charge in [0.2, 0.25) is 0 Å². The van der Waals surface area contributed by atoms with Crippen molar-refractivity contribution in [3.63, 3.8) is 0 Å². The van der Waals surface area contributed by atoms with Gasteiger partial charge < -0.3 is 9.47 Å². The molecule has 0 saturated carbocycles. The summed E-state index contributed by atoms with van der Waals surface area (Å²) in [6.45, 7) is 4.24. The summed E-state index contributed by atoms with van der Waals surface area (Å²) < 4.78 is 10.0. The van der Waals surface area contributed by atoms with Crippen molar-refractivity contribution in [2.75, 3.05) is 13.2 Å². The van der Waals surface area contributed by atoms with Crippen LogP contribution in [0.1, 0.15) is 39.5 Å². The Labute approximate surface area is 95.6 Å². The Morgan fingerprint density at radius 3 is 2.81 bits per heavy atom. The van der Waals surface area contributed by atoms with Crippen LogP contribution in [0.3, 0.4) is 0 Å². The van der Waals surface area contributed by atoms with Crippen molar-refractivity contribution in [2.45, 2.75) is 39.5 Å². The Morgan fingerprint density at radius 1 is 1.44 bits per heavy atom. The van der Waals surface area contributed by atoms with Crippen molar-refractivity contribution in [3.05, 3.63) is 11.3 Å². The molecule has 0 aromatic heterocycles. The quantitative estimate of drug-likeness (QED) is 0.650. The lowest BCUT2D eigenvalue weighted by atomic mass is 10.0. The fourth-order valence-electron chi connectivity index (χ4n) is 1.62. The highest BCUT2D eigenvalue weighted by Crippen LogP contribution is 2.24. The van der Waals surface area contributed by atoms with Crippen LogP contribution in [-0.4, -0.2) is 25.0 Å². The van der Waals surface area contributed by atoms with Crippen LogP contribution in [0.4, 0.5) is 0 Å². The molecule has 1 heterocycles. The summed E-state index contributed by atoms with van der Waals surface area (Å²) in [5.41, 5.74) is 0.676. The van der Waals surface area contributed by atoms with E-state index in [9.17, 15) is 9.59 Å². The van der Waals surface area contributed by atoms with Gasteiger partial charge in [-0.05, 0) is 19.8 Å². The minimum atomic E-state index is -0.332. The van der Waals surface area contributed by atoms with E-state index < -0.39 is 0 Å². The second kappa shape index (κ2) is 6.30. The number of rotatable bonds is 6. The summed E-state index contributed by atoms with van der Waals surface area (Å²) >= 11 is 0. The molecule has 4 heteroatoms. The topological polar surface area (TPSA) is 52.6 Å². The number of hydrogen-bond donors (Lipinski definition) is 0. The second-order valence-electron chi connectivity index (χ2n) is 3.70. The smallest absolute Gasteiger partial charge is 0.313 e. The standard InChI is InChI=1S/C12H18O4/c1-3-5-6-9-10(13)8-16-11(9)7-12(14)15-4-2/h3-8H2,1-2H3. The molecule has 0 aromatic carbocycles. The van der Waals surface area contributed by atoms with Crippen molar-refractivity contribution < 1.29 is 19.1 Å². The second-order valence-corrected chi connectivity index (χ2v) is 3.70. The minimum Gasteiger partial charge on any atom is -0.489 e. The normalized spacial score (nSPS) is 15.2. The summed E-state index contributed by atoms with van der Waals surface area (Å²) in [7, 11) is 0. The lowest BCUT2D eigenvalue weighted by Crippen LogP contribution is -2.06. The first-order valence-electron chi connectivity index (χ1n) is 5.72. The molecule has 0 N–H and O–H groups in total. The Hall–Kier alpha value is -1.32. The molecule has 1 rings (SSSR count). The van der Waals surface area contributed by atoms with E-state index in [2.05, 4.69) is 6.92 Å². The first-order chi connectivity index (χ1) is 7.69. The molecule has 90 valence electrons. The summed E-state index contributed by atoms with van der Waals surface area (Å²) in [5.74, 6) is 0.186. The highest BCUT2D eigenvalue weighted by Gasteiger charge is 2.25. The number of hydrogen-bond acceptors (Lipinski definition) is 4. The number of Topliss-reactive ketones (excluding diaryl/α,β-unsaturated/α-hetero) is 1. The largest absolute Gasteiger partial charge is 0.489 e. The van der Waals surface area contributed by atoms with Gasteiger partial charge in [0.15, 0.2) is 12.4 Å². The van der Waals surface area contributed by atoms with Crippen LogP contribution in [0.2, 0.25) is 0 Å². The minimum absolute atomic E-state index is 0.00717. The third-order valence-electron chi connectivity index (χ3n) is 2.44. The molecule has 0 radical (unpaired) electrons. The number of esters is 1. The molecule has 0 aliphatic carbocycles. The fourth-order valence-corrected chi connectivity index (χ4v) is 1.62. The van der Waals surface area contributed by atoms with Crippen molar-refractivity contribution in [2.24, 2.45) is 0 Å². The highest BCUT2D eigenvalue weighted by molar-refractivity contribution is 5.99. The number of ether oxygens (including phenoxy) is 2. The van der Waals surface area contributed by atoms with Crippen LogP contribution in [0, 0.1) is 0 Å². The molecule has 0 fully saturated rings. The van der Waals surface area contributed by atoms with Gasteiger partial charge in [-0.1, -0.05) is 13.3 Å². The zero-order chi connectivity index (χ0) is 12.0. The zero-order valence-electron chi connectivity index (χ0n) is 9.88. The van der Waals surface area contributed by atoms with E-state index in [0.717, 1.165) is 12.8 Å². The van der Waals surface area contributed by atoms with E-state index >= 15 is 0 Å². The number of unbranched alkanes of at least 4 members (excludes halogenated alkanes) is 1. The average Bonchev–Trinajstić information content (AvgIpc) is 2.57. The molecule has 0 bridgehead atoms. The monoisotopic (exact) mass is 226 g/mol. The van der Waals surface area contributed by atoms with E-state index in [4.69, 9.17) is 9.47 Å². The predicted molar refractivity (Wildman–Crippen MR) is 58.8 cm³/mol. The van der Waals surface area contributed by atoms with Crippen LogP contribution in [0.25, 0.3) is 0 Å². The van der Waals surface area contributed by atoms with Gasteiger partial charge in [-0.15, -0.1) is 0 Å². The molecule has 0 aromatic rings.